The van der Waals surface area contributed by atoms with Crippen LogP contribution in [0.1, 0.15) is 77.6 Å². The van der Waals surface area contributed by atoms with Crippen LogP contribution in [0.5, 0.6) is 0 Å². The zero-order chi connectivity index (χ0) is 24.5. The van der Waals surface area contributed by atoms with Crippen LogP contribution in [0.2, 0.25) is 0 Å². The van der Waals surface area contributed by atoms with Gasteiger partial charge in [0.1, 0.15) is 24.2 Å². The fourth-order valence-corrected chi connectivity index (χ4v) is 5.09. The molecule has 1 aliphatic carbocycles. The molecule has 0 radical (unpaired) electrons. The quantitative estimate of drug-likeness (QED) is 0.477. The number of alkyl carbamates (subject to hydrolysis) is 1. The van der Waals surface area contributed by atoms with E-state index >= 15 is 0 Å². The van der Waals surface area contributed by atoms with Crippen LogP contribution < -0.4 is 10.6 Å². The van der Waals surface area contributed by atoms with Gasteiger partial charge in [-0.3, -0.25) is 9.59 Å². The summed E-state index contributed by atoms with van der Waals surface area (Å²) in [6, 6.07) is -2.25. The van der Waals surface area contributed by atoms with Crippen molar-refractivity contribution in [2.75, 3.05) is 13.7 Å². The van der Waals surface area contributed by atoms with E-state index in [0.717, 1.165) is 51.4 Å². The summed E-state index contributed by atoms with van der Waals surface area (Å²) < 4.78 is 10.4. The number of nitrogens with zero attached hydrogens (tertiary/aromatic N) is 1. The molecule has 3 rings (SSSR count). The van der Waals surface area contributed by atoms with Crippen LogP contribution >= 0.6 is 0 Å². The minimum atomic E-state index is -0.827. The van der Waals surface area contributed by atoms with E-state index < -0.39 is 30.2 Å². The van der Waals surface area contributed by atoms with E-state index in [1.165, 1.54) is 7.11 Å². The molecule has 0 spiro atoms. The molecule has 4 unspecified atom stereocenters. The predicted octanol–water partition coefficient (Wildman–Crippen LogP) is 2.83. The number of amides is 3. The Balaban J connectivity index is 1.76. The summed E-state index contributed by atoms with van der Waals surface area (Å²) in [5.74, 6) is -1.40. The maximum Gasteiger partial charge on any atom is 0.408 e. The van der Waals surface area contributed by atoms with Gasteiger partial charge >= 0.3 is 12.1 Å². The summed E-state index contributed by atoms with van der Waals surface area (Å²) in [6.45, 7) is 2.30. The Bertz CT molecular complexity index is 764. The lowest BCUT2D eigenvalue weighted by Crippen LogP contribution is -2.56. The van der Waals surface area contributed by atoms with E-state index in [1.54, 1.807) is 4.90 Å². The molecule has 0 aromatic heterocycles. The largest absolute Gasteiger partial charge is 0.467 e. The van der Waals surface area contributed by atoms with Crippen LogP contribution in [0, 0.1) is 5.92 Å². The number of nitrogens with one attached hydrogen (secondary N) is 2. The number of ether oxygens (including phenoxy) is 2. The third kappa shape index (κ3) is 6.96. The predicted molar refractivity (Wildman–Crippen MR) is 126 cm³/mol. The molecule has 2 N–H and O–H groups in total. The van der Waals surface area contributed by atoms with E-state index in [0.29, 0.717) is 25.8 Å². The molecular weight excluding hydrogens is 438 g/mol. The number of fused-ring (bicyclic) bond motifs is 1. The summed E-state index contributed by atoms with van der Waals surface area (Å²) in [5.41, 5.74) is 0. The lowest BCUT2D eigenvalue weighted by molar-refractivity contribution is -0.147. The normalized spacial score (nSPS) is 30.5. The van der Waals surface area contributed by atoms with Gasteiger partial charge in [-0.25, -0.2) is 9.59 Å². The Morgan fingerprint density at radius 1 is 1.03 bits per heavy atom. The van der Waals surface area contributed by atoms with Crippen molar-refractivity contribution in [1.82, 2.24) is 15.5 Å². The topological polar surface area (TPSA) is 114 Å². The first-order chi connectivity index (χ1) is 16.4. The zero-order valence-corrected chi connectivity index (χ0v) is 20.4. The summed E-state index contributed by atoms with van der Waals surface area (Å²) in [4.78, 5) is 53.1. The lowest BCUT2D eigenvalue weighted by atomic mass is 9.99. The van der Waals surface area contributed by atoms with Crippen molar-refractivity contribution in [1.29, 1.82) is 0 Å². The monoisotopic (exact) mass is 477 g/mol. The first-order valence-corrected chi connectivity index (χ1v) is 12.7. The number of carbonyl (C=O) groups is 4. The van der Waals surface area contributed by atoms with E-state index in [1.807, 2.05) is 19.1 Å². The maximum absolute atomic E-state index is 13.5. The highest BCUT2D eigenvalue weighted by Crippen LogP contribution is 2.23. The van der Waals surface area contributed by atoms with Crippen molar-refractivity contribution in [3.63, 3.8) is 0 Å². The Hall–Kier alpha value is -2.58. The third-order valence-electron chi connectivity index (χ3n) is 7.09. The Kier molecular flexibility index (Phi) is 9.77. The highest BCUT2D eigenvalue weighted by atomic mass is 16.6. The fourth-order valence-electron chi connectivity index (χ4n) is 5.09. The summed E-state index contributed by atoms with van der Waals surface area (Å²) >= 11 is 0. The van der Waals surface area contributed by atoms with Crippen molar-refractivity contribution in [3.05, 3.63) is 12.2 Å². The third-order valence-corrected chi connectivity index (χ3v) is 7.09. The minimum Gasteiger partial charge on any atom is -0.467 e. The van der Waals surface area contributed by atoms with Crippen LogP contribution in [0.15, 0.2) is 12.2 Å². The Labute approximate surface area is 202 Å². The standard InChI is InChI=1S/C25H39N3O6/c1-17-11-6-4-3-5-7-14-19(26-25(32)34-18-12-8-9-13-18)23(30)28-16-10-15-20(28)22(29)27-21(17)24(31)33-2/h6,11,17-21H,3-5,7-10,12-16H2,1-2H3,(H,26,32)(H,27,29)/b11-6-. The van der Waals surface area contributed by atoms with Gasteiger partial charge in [-0.15, -0.1) is 0 Å². The maximum atomic E-state index is 13.5. The molecular formula is C25H39N3O6. The molecule has 2 fully saturated rings. The second-order valence-corrected chi connectivity index (χ2v) is 9.63. The molecule has 0 bridgehead atoms. The van der Waals surface area contributed by atoms with Crippen LogP contribution in [0.25, 0.3) is 0 Å². The van der Waals surface area contributed by atoms with Gasteiger partial charge in [0.15, 0.2) is 0 Å². The highest BCUT2D eigenvalue weighted by Gasteiger charge is 2.39. The second-order valence-electron chi connectivity index (χ2n) is 9.63. The number of carbonyl (C=O) groups excluding carboxylic acids is 4. The van der Waals surface area contributed by atoms with Gasteiger partial charge in [-0.2, -0.15) is 0 Å². The van der Waals surface area contributed by atoms with Gasteiger partial charge in [0.25, 0.3) is 0 Å². The molecule has 4 atom stereocenters. The van der Waals surface area contributed by atoms with Crippen molar-refractivity contribution < 1.29 is 28.7 Å². The number of allylic oxidation sites excluding steroid dienone is 1. The van der Waals surface area contributed by atoms with Crippen molar-refractivity contribution in [2.24, 2.45) is 5.92 Å². The van der Waals surface area contributed by atoms with Gasteiger partial charge in [-0.1, -0.05) is 31.9 Å². The molecule has 0 aromatic rings. The fraction of sp³-hybridized carbons (Fsp3) is 0.760. The SMILES string of the molecule is COC(=O)C1NC(=O)C2CCCN2C(=O)C(NC(=O)OC2CCCC2)CCCCC/C=C\C1C. The second kappa shape index (κ2) is 12.8. The van der Waals surface area contributed by atoms with Crippen LogP contribution in [0.4, 0.5) is 4.79 Å². The summed E-state index contributed by atoms with van der Waals surface area (Å²) in [6.07, 6.45) is 12.2. The summed E-state index contributed by atoms with van der Waals surface area (Å²) in [7, 11) is 1.30. The van der Waals surface area contributed by atoms with Crippen LogP contribution in [-0.4, -0.2) is 66.7 Å². The molecule has 3 amide bonds. The summed E-state index contributed by atoms with van der Waals surface area (Å²) in [5, 5.41) is 5.60. The molecule has 9 nitrogen and oxygen atoms in total. The molecule has 1 saturated carbocycles. The van der Waals surface area contributed by atoms with Gasteiger partial charge in [-0.05, 0) is 57.8 Å². The lowest BCUT2D eigenvalue weighted by Gasteiger charge is -2.30. The molecule has 34 heavy (non-hydrogen) atoms. The van der Waals surface area contributed by atoms with E-state index in [9.17, 15) is 19.2 Å². The number of hydrogen-bond acceptors (Lipinski definition) is 6. The Morgan fingerprint density at radius 2 is 1.76 bits per heavy atom. The van der Waals surface area contributed by atoms with Crippen molar-refractivity contribution >= 4 is 23.9 Å². The van der Waals surface area contributed by atoms with Gasteiger partial charge in [0.05, 0.1) is 7.11 Å². The molecule has 3 aliphatic rings. The van der Waals surface area contributed by atoms with Crippen molar-refractivity contribution in [3.8, 4) is 0 Å². The van der Waals surface area contributed by atoms with E-state index in [4.69, 9.17) is 9.47 Å². The number of hydrogen-bond donors (Lipinski definition) is 2. The molecule has 190 valence electrons. The molecule has 2 heterocycles. The Morgan fingerprint density at radius 3 is 2.50 bits per heavy atom. The molecule has 0 aromatic carbocycles. The highest BCUT2D eigenvalue weighted by molar-refractivity contribution is 5.93. The number of esters is 1. The average Bonchev–Trinajstić information content (AvgIpc) is 3.51. The van der Waals surface area contributed by atoms with Crippen molar-refractivity contribution in [2.45, 2.75) is 102 Å². The number of methoxy groups -OCH3 is 1. The van der Waals surface area contributed by atoms with Crippen LogP contribution in [-0.2, 0) is 23.9 Å². The van der Waals surface area contributed by atoms with Gasteiger partial charge in [0.2, 0.25) is 11.8 Å². The average molecular weight is 478 g/mol. The van der Waals surface area contributed by atoms with Gasteiger partial charge in [0, 0.05) is 12.5 Å². The first kappa shape index (κ1) is 26.0. The van der Waals surface area contributed by atoms with Gasteiger partial charge < -0.3 is 25.0 Å². The number of rotatable bonds is 3. The molecule has 2 aliphatic heterocycles. The zero-order valence-electron chi connectivity index (χ0n) is 20.4. The molecule has 9 heteroatoms. The van der Waals surface area contributed by atoms with Crippen LogP contribution in [0.3, 0.4) is 0 Å². The minimum absolute atomic E-state index is 0.0910. The molecule has 1 saturated heterocycles. The van der Waals surface area contributed by atoms with E-state index in [2.05, 4.69) is 10.6 Å². The first-order valence-electron chi connectivity index (χ1n) is 12.7. The smallest absolute Gasteiger partial charge is 0.408 e. The van der Waals surface area contributed by atoms with E-state index in [-0.39, 0.29) is 23.8 Å².